The highest BCUT2D eigenvalue weighted by molar-refractivity contribution is 7.92. The molecule has 0 aliphatic rings. The van der Waals surface area contributed by atoms with Crippen molar-refractivity contribution >= 4 is 67.8 Å². The number of methoxy groups -OCH3 is 2. The number of carbonyl (C=O) groups excluding carboxylic acids is 3. The molecule has 15 heteroatoms. The first-order valence-electron chi connectivity index (χ1n) is 18.5. The number of likely N-dealkylation sites (N-methyl/N-ethyl adjacent to an activating group) is 1. The summed E-state index contributed by atoms with van der Waals surface area (Å²) in [6.45, 7) is 30.6. The van der Waals surface area contributed by atoms with E-state index >= 15 is 0 Å². The van der Waals surface area contributed by atoms with Crippen LogP contribution < -0.4 is 20.1 Å². The molecule has 10 nitrogen and oxygen atoms in total. The smallest absolute Gasteiger partial charge is 0.373 e. The molecule has 2 aromatic rings. The minimum Gasteiger partial charge on any atom is -0.497 e. The Morgan fingerprint density at radius 2 is 1.05 bits per heavy atom. The first-order chi connectivity index (χ1) is 24.9. The van der Waals surface area contributed by atoms with Crippen LogP contribution in [0.1, 0.15) is 68.7 Å². The van der Waals surface area contributed by atoms with Crippen LogP contribution in [0.3, 0.4) is 0 Å². The Labute approximate surface area is 345 Å². The van der Waals surface area contributed by atoms with E-state index in [1.54, 1.807) is 33.2 Å². The number of hydrogen-bond acceptors (Lipinski definition) is 9. The fourth-order valence-corrected chi connectivity index (χ4v) is 6.69. The molecule has 0 bridgehead atoms. The average Bonchev–Trinajstić information content (AvgIpc) is 3.11. The normalized spacial score (nSPS) is 13.4. The quantitative estimate of drug-likeness (QED) is 0.126. The van der Waals surface area contributed by atoms with Gasteiger partial charge in [-0.3, -0.25) is 4.79 Å². The van der Waals surface area contributed by atoms with Crippen LogP contribution in [0, 0.1) is 11.8 Å². The van der Waals surface area contributed by atoms with E-state index in [9.17, 15) is 4.79 Å². The highest BCUT2D eigenvalue weighted by Gasteiger charge is 2.39. The third kappa shape index (κ3) is 21.5. The first kappa shape index (κ1) is 57.5. The number of nitrogens with one attached hydrogen (secondary N) is 2. The van der Waals surface area contributed by atoms with Crippen molar-refractivity contribution in [1.29, 1.82) is 0 Å². The van der Waals surface area contributed by atoms with Gasteiger partial charge < -0.3 is 33.9 Å². The number of benzene rings is 2. The van der Waals surface area contributed by atoms with Crippen molar-refractivity contribution in [2.75, 3.05) is 52.2 Å². The molecule has 0 aromatic heterocycles. The second-order valence-corrected chi connectivity index (χ2v) is 26.3. The molecule has 0 fully saturated rings. The predicted octanol–water partition coefficient (Wildman–Crippen LogP) is 9.89. The Kier molecular flexibility index (Phi) is 29.0. The summed E-state index contributed by atoms with van der Waals surface area (Å²) in [7, 11) is 8.04. The fourth-order valence-electron chi connectivity index (χ4n) is 4.47. The van der Waals surface area contributed by atoms with Gasteiger partial charge in [-0.1, -0.05) is 62.3 Å². The number of carbonyl (C=O) groups is 1. The topological polar surface area (TPSA) is 115 Å². The van der Waals surface area contributed by atoms with E-state index in [0.29, 0.717) is 18.6 Å². The lowest BCUT2D eigenvalue weighted by molar-refractivity contribution is -0.191. The van der Waals surface area contributed by atoms with Gasteiger partial charge in [0.05, 0.1) is 14.2 Å². The van der Waals surface area contributed by atoms with Crippen molar-refractivity contribution in [2.45, 2.75) is 117 Å². The summed E-state index contributed by atoms with van der Waals surface area (Å²) in [6.07, 6.45) is 1.33. The Hall–Kier alpha value is -1.87. The van der Waals surface area contributed by atoms with Gasteiger partial charge in [0, 0.05) is 50.6 Å². The fraction of sp³-hybridized carbons (Fsp3) is 0.650. The summed E-state index contributed by atoms with van der Waals surface area (Å²) < 4.78 is 23.1. The zero-order chi connectivity index (χ0) is 42.5. The van der Waals surface area contributed by atoms with E-state index in [4.69, 9.17) is 27.9 Å². The van der Waals surface area contributed by atoms with Gasteiger partial charge in [-0.25, -0.2) is 0 Å². The third-order valence-corrected chi connectivity index (χ3v) is 19.3. The summed E-state index contributed by atoms with van der Waals surface area (Å²) in [5, 5.41) is 7.42. The second-order valence-electron chi connectivity index (χ2n) is 16.7. The monoisotopic (exact) mass is 861 g/mol. The Bertz CT molecular complexity index is 1350. The highest BCUT2D eigenvalue weighted by Crippen LogP contribution is 2.38. The van der Waals surface area contributed by atoms with E-state index < -0.39 is 16.6 Å². The molecule has 2 N–H and O–H groups in total. The second kappa shape index (κ2) is 27.7. The van der Waals surface area contributed by atoms with Crippen LogP contribution in [0.25, 0.3) is 0 Å². The van der Waals surface area contributed by atoms with Gasteiger partial charge in [0.1, 0.15) is 17.5 Å². The van der Waals surface area contributed by atoms with E-state index in [0.717, 1.165) is 35.9 Å². The number of nitrogens with zero attached hydrogens (tertiary/aromatic N) is 1. The van der Waals surface area contributed by atoms with Gasteiger partial charge in [0.25, 0.3) is 0 Å². The number of hydrogen-bond donors (Lipinski definition) is 2. The van der Waals surface area contributed by atoms with E-state index in [1.807, 2.05) is 36.4 Å². The minimum absolute atomic E-state index is 0. The predicted molar refractivity (Wildman–Crippen MR) is 250 cm³/mol. The van der Waals surface area contributed by atoms with Crippen molar-refractivity contribution in [1.82, 2.24) is 4.90 Å². The zero-order valence-electron chi connectivity index (χ0n) is 37.2. The Morgan fingerprint density at radius 3 is 1.35 bits per heavy atom. The van der Waals surface area contributed by atoms with Gasteiger partial charge in [-0.15, -0.1) is 17.9 Å². The van der Waals surface area contributed by atoms with Crippen molar-refractivity contribution in [2.24, 2.45) is 11.8 Å². The van der Waals surface area contributed by atoms with Gasteiger partial charge in [-0.05, 0) is 97.1 Å². The van der Waals surface area contributed by atoms with Crippen molar-refractivity contribution < 1.29 is 32.7 Å². The molecule has 7 atom stereocenters. The van der Waals surface area contributed by atoms with Crippen LogP contribution in [0.15, 0.2) is 48.5 Å². The molecule has 0 saturated carbocycles. The van der Waals surface area contributed by atoms with Crippen LogP contribution in [0.2, 0.25) is 36.3 Å². The molecular weight excluding hydrogens is 784 g/mol. The SMILES string of the molecule is CC[C@@H](Nc1ccc(OC)cc1)[C@@H](C)CO[Si](C)(C)C(C)(C)C.COc1ccc(N[C@H](C(=O)N(C)C)[C@@H](C)CO[Si](C)(C)C(C)(C)C)cc1.O=C=O.P.PP. The lowest BCUT2D eigenvalue weighted by Crippen LogP contribution is -2.47. The molecule has 0 aliphatic heterocycles. The summed E-state index contributed by atoms with van der Waals surface area (Å²) in [5.41, 5.74) is 2.03. The molecule has 2 aromatic carbocycles. The molecule has 0 spiro atoms. The van der Waals surface area contributed by atoms with Gasteiger partial charge in [0.2, 0.25) is 5.91 Å². The van der Waals surface area contributed by atoms with Crippen LogP contribution >= 0.6 is 27.8 Å². The summed E-state index contributed by atoms with van der Waals surface area (Å²) in [6, 6.07) is 15.8. The lowest BCUT2D eigenvalue weighted by atomic mass is 10.0. The van der Waals surface area contributed by atoms with Crippen LogP contribution in [0.4, 0.5) is 11.4 Å². The van der Waals surface area contributed by atoms with Gasteiger partial charge in [-0.2, -0.15) is 19.5 Å². The van der Waals surface area contributed by atoms with Crippen molar-refractivity contribution in [3.63, 3.8) is 0 Å². The molecule has 0 radical (unpaired) electrons. The maximum Gasteiger partial charge on any atom is 0.373 e. The minimum atomic E-state index is -1.85. The maximum atomic E-state index is 12.7. The number of rotatable bonds is 16. The Morgan fingerprint density at radius 1 is 0.727 bits per heavy atom. The average molecular weight is 862 g/mol. The number of ether oxygens (including phenoxy) is 2. The molecule has 318 valence electrons. The summed E-state index contributed by atoms with van der Waals surface area (Å²) in [4.78, 5) is 30.6. The molecule has 1 amide bonds. The molecule has 3 unspecified atom stereocenters. The largest absolute Gasteiger partial charge is 0.497 e. The highest BCUT2D eigenvalue weighted by atomic mass is 32.0. The van der Waals surface area contributed by atoms with E-state index in [-0.39, 0.29) is 44.0 Å². The zero-order valence-corrected chi connectivity index (χ0v) is 42.9. The molecule has 0 heterocycles. The van der Waals surface area contributed by atoms with Crippen molar-refractivity contribution in [3.8, 4) is 11.5 Å². The molecule has 0 aliphatic carbocycles. The van der Waals surface area contributed by atoms with Gasteiger partial charge in [0.15, 0.2) is 16.6 Å². The molecule has 0 saturated heterocycles. The molecule has 2 rings (SSSR count). The van der Waals surface area contributed by atoms with Crippen LogP contribution in [-0.2, 0) is 23.2 Å². The molecular formula is C40H78N3O7P3Si2. The van der Waals surface area contributed by atoms with Crippen LogP contribution in [0.5, 0.6) is 11.5 Å². The number of amides is 1. The third-order valence-electron chi connectivity index (χ3n) is 10.3. The summed E-state index contributed by atoms with van der Waals surface area (Å²) >= 11 is 0. The molecule has 55 heavy (non-hydrogen) atoms. The lowest BCUT2D eigenvalue weighted by Gasteiger charge is -2.38. The summed E-state index contributed by atoms with van der Waals surface area (Å²) in [5.74, 6) is 2.24. The maximum absolute atomic E-state index is 12.7. The first-order valence-corrected chi connectivity index (χ1v) is 27.0. The van der Waals surface area contributed by atoms with Crippen LogP contribution in [-0.4, -0.2) is 87.2 Å². The number of anilines is 2. The van der Waals surface area contributed by atoms with E-state index in [1.165, 1.54) is 0 Å². The van der Waals surface area contributed by atoms with E-state index in [2.05, 4.69) is 129 Å². The standard InChI is InChI=1S/C20H36N2O3Si.C19H35NO2Si.CO2.H4P2.H3P/c1-15(14-25-26(8,9)20(2,3)4)18(19(23)22(5)6)21-16-10-12-17(24-7)13-11-16;1-9-18(20-16-10-12-17(21-6)13-11-16)15(2)14-22-23(7,8)19(3,4)5;2-1-3;1-2;/h10-13,15,18,21H,14H2,1-9H3;10-13,15,18,20H,9,14H2,1-8H3;;1-2H2;1H3/t15-,18-;15-,18+;;;/m00.../s1. The van der Waals surface area contributed by atoms with Gasteiger partial charge >= 0.3 is 6.15 Å². The Balaban J connectivity index is -0.000000870. The van der Waals surface area contributed by atoms with Crippen molar-refractivity contribution in [3.05, 3.63) is 48.5 Å².